The van der Waals surface area contributed by atoms with Crippen LogP contribution in [0, 0.1) is 5.92 Å². The van der Waals surface area contributed by atoms with Gasteiger partial charge in [-0.2, -0.15) is 0 Å². The Labute approximate surface area is 109 Å². The highest BCUT2D eigenvalue weighted by atomic mass is 16.3. The SMILES string of the molecule is CCC(CO)NC(=O)NCC1CCN(C2CC2)C1. The molecule has 18 heavy (non-hydrogen) atoms. The van der Waals surface area contributed by atoms with E-state index in [0.29, 0.717) is 5.92 Å². The van der Waals surface area contributed by atoms with Crippen molar-refractivity contribution in [2.45, 2.75) is 44.7 Å². The predicted octanol–water partition coefficient (Wildman–Crippen LogP) is 0.541. The summed E-state index contributed by atoms with van der Waals surface area (Å²) in [6.07, 6.45) is 4.65. The molecular formula is C13H25N3O2. The van der Waals surface area contributed by atoms with Gasteiger partial charge in [0.25, 0.3) is 0 Å². The number of hydrogen-bond donors (Lipinski definition) is 3. The van der Waals surface area contributed by atoms with Crippen LogP contribution in [0.15, 0.2) is 0 Å². The highest BCUT2D eigenvalue weighted by Crippen LogP contribution is 2.31. The van der Waals surface area contributed by atoms with E-state index in [1.165, 1.54) is 25.8 Å². The zero-order valence-electron chi connectivity index (χ0n) is 11.2. The number of amides is 2. The maximum Gasteiger partial charge on any atom is 0.315 e. The molecule has 2 unspecified atom stereocenters. The van der Waals surface area contributed by atoms with Crippen molar-refractivity contribution >= 4 is 6.03 Å². The largest absolute Gasteiger partial charge is 0.394 e. The van der Waals surface area contributed by atoms with E-state index >= 15 is 0 Å². The van der Waals surface area contributed by atoms with Crippen LogP contribution in [0.4, 0.5) is 4.79 Å². The lowest BCUT2D eigenvalue weighted by atomic mass is 10.1. The van der Waals surface area contributed by atoms with Gasteiger partial charge in [0, 0.05) is 19.1 Å². The number of carbonyl (C=O) groups excluding carboxylic acids is 1. The zero-order valence-corrected chi connectivity index (χ0v) is 11.2. The van der Waals surface area contributed by atoms with Crippen molar-refractivity contribution in [3.8, 4) is 0 Å². The highest BCUT2D eigenvalue weighted by molar-refractivity contribution is 5.74. The van der Waals surface area contributed by atoms with Gasteiger partial charge >= 0.3 is 6.03 Å². The number of hydrogen-bond acceptors (Lipinski definition) is 3. The fourth-order valence-corrected chi connectivity index (χ4v) is 2.55. The summed E-state index contributed by atoms with van der Waals surface area (Å²) in [4.78, 5) is 14.2. The fraction of sp³-hybridized carbons (Fsp3) is 0.923. The van der Waals surface area contributed by atoms with Gasteiger partial charge in [-0.15, -0.1) is 0 Å². The van der Waals surface area contributed by atoms with Crippen molar-refractivity contribution in [1.82, 2.24) is 15.5 Å². The maximum atomic E-state index is 11.6. The summed E-state index contributed by atoms with van der Waals surface area (Å²) in [6, 6.07) is 0.556. The lowest BCUT2D eigenvalue weighted by Gasteiger charge is -2.17. The fourth-order valence-electron chi connectivity index (χ4n) is 2.55. The van der Waals surface area contributed by atoms with Crippen LogP contribution in [-0.2, 0) is 0 Å². The third-order valence-electron chi connectivity index (χ3n) is 3.98. The van der Waals surface area contributed by atoms with Gasteiger partial charge in [-0.3, -0.25) is 0 Å². The van der Waals surface area contributed by atoms with Crippen LogP contribution in [-0.4, -0.2) is 54.4 Å². The number of aliphatic hydroxyl groups is 1. The molecule has 2 fully saturated rings. The van der Waals surface area contributed by atoms with E-state index in [1.807, 2.05) is 6.92 Å². The van der Waals surface area contributed by atoms with Crippen molar-refractivity contribution < 1.29 is 9.90 Å². The molecule has 3 N–H and O–H groups in total. The molecule has 2 atom stereocenters. The van der Waals surface area contributed by atoms with Gasteiger partial charge in [-0.1, -0.05) is 6.92 Å². The molecule has 0 spiro atoms. The molecule has 5 heteroatoms. The topological polar surface area (TPSA) is 64.6 Å². The van der Waals surface area contributed by atoms with Crippen molar-refractivity contribution in [2.24, 2.45) is 5.92 Å². The van der Waals surface area contributed by atoms with Crippen molar-refractivity contribution in [3.63, 3.8) is 0 Å². The summed E-state index contributed by atoms with van der Waals surface area (Å²) < 4.78 is 0. The molecule has 1 saturated heterocycles. The van der Waals surface area contributed by atoms with E-state index in [4.69, 9.17) is 5.11 Å². The van der Waals surface area contributed by atoms with Gasteiger partial charge in [0.2, 0.25) is 0 Å². The number of likely N-dealkylation sites (tertiary alicyclic amines) is 1. The van der Waals surface area contributed by atoms with Gasteiger partial charge in [-0.05, 0) is 38.1 Å². The standard InChI is InChI=1S/C13H25N3O2/c1-2-11(9-17)15-13(18)14-7-10-5-6-16(8-10)12-3-4-12/h10-12,17H,2-9H2,1H3,(H2,14,15,18). The van der Waals surface area contributed by atoms with Crippen LogP contribution in [0.25, 0.3) is 0 Å². The number of rotatable bonds is 6. The van der Waals surface area contributed by atoms with E-state index < -0.39 is 0 Å². The Morgan fingerprint density at radius 1 is 1.44 bits per heavy atom. The first kappa shape index (κ1) is 13.6. The molecule has 2 aliphatic rings. The number of nitrogens with one attached hydrogen (secondary N) is 2. The molecular weight excluding hydrogens is 230 g/mol. The molecule has 0 bridgehead atoms. The van der Waals surface area contributed by atoms with E-state index in [9.17, 15) is 4.79 Å². The van der Waals surface area contributed by atoms with E-state index in [-0.39, 0.29) is 18.7 Å². The number of aliphatic hydroxyl groups excluding tert-OH is 1. The molecule has 0 aromatic heterocycles. The second-order valence-electron chi connectivity index (χ2n) is 5.52. The molecule has 0 aromatic carbocycles. The lowest BCUT2D eigenvalue weighted by Crippen LogP contribution is -2.45. The molecule has 1 saturated carbocycles. The summed E-state index contributed by atoms with van der Waals surface area (Å²) in [5, 5.41) is 14.7. The Kier molecular flexibility index (Phi) is 4.83. The van der Waals surface area contributed by atoms with Crippen LogP contribution in [0.2, 0.25) is 0 Å². The molecule has 2 amide bonds. The lowest BCUT2D eigenvalue weighted by molar-refractivity contribution is 0.213. The zero-order chi connectivity index (χ0) is 13.0. The minimum absolute atomic E-state index is 0.00278. The smallest absolute Gasteiger partial charge is 0.315 e. The quantitative estimate of drug-likeness (QED) is 0.649. The number of carbonyl (C=O) groups is 1. The third-order valence-corrected chi connectivity index (χ3v) is 3.98. The molecule has 1 heterocycles. The maximum absolute atomic E-state index is 11.6. The molecule has 104 valence electrons. The van der Waals surface area contributed by atoms with Crippen LogP contribution in [0.3, 0.4) is 0 Å². The Hall–Kier alpha value is -0.810. The first-order chi connectivity index (χ1) is 8.72. The summed E-state index contributed by atoms with van der Waals surface area (Å²) in [5.41, 5.74) is 0. The Morgan fingerprint density at radius 2 is 2.22 bits per heavy atom. The molecule has 5 nitrogen and oxygen atoms in total. The second kappa shape index (κ2) is 6.38. The predicted molar refractivity (Wildman–Crippen MR) is 70.4 cm³/mol. The number of urea groups is 1. The van der Waals surface area contributed by atoms with Crippen molar-refractivity contribution in [1.29, 1.82) is 0 Å². The molecule has 1 aliphatic heterocycles. The average Bonchev–Trinajstić information content (AvgIpc) is 3.13. The van der Waals surface area contributed by atoms with Gasteiger partial charge in [0.1, 0.15) is 0 Å². The van der Waals surface area contributed by atoms with Crippen LogP contribution >= 0.6 is 0 Å². The summed E-state index contributed by atoms with van der Waals surface area (Å²) in [6.45, 7) is 5.01. The van der Waals surface area contributed by atoms with Crippen LogP contribution in [0.5, 0.6) is 0 Å². The molecule has 0 aromatic rings. The first-order valence-electron chi connectivity index (χ1n) is 7.12. The monoisotopic (exact) mass is 255 g/mol. The van der Waals surface area contributed by atoms with Gasteiger partial charge in [0.15, 0.2) is 0 Å². The van der Waals surface area contributed by atoms with Gasteiger partial charge in [-0.25, -0.2) is 4.79 Å². The number of nitrogens with zero attached hydrogens (tertiary/aromatic N) is 1. The van der Waals surface area contributed by atoms with E-state index in [1.54, 1.807) is 0 Å². The summed E-state index contributed by atoms with van der Waals surface area (Å²) in [5.74, 6) is 0.588. The van der Waals surface area contributed by atoms with Crippen molar-refractivity contribution in [3.05, 3.63) is 0 Å². The van der Waals surface area contributed by atoms with E-state index in [0.717, 1.165) is 25.6 Å². The molecule has 2 rings (SSSR count). The second-order valence-corrected chi connectivity index (χ2v) is 5.52. The molecule has 1 aliphatic carbocycles. The van der Waals surface area contributed by atoms with Crippen molar-refractivity contribution in [2.75, 3.05) is 26.2 Å². The van der Waals surface area contributed by atoms with E-state index in [2.05, 4.69) is 15.5 Å². The summed E-state index contributed by atoms with van der Waals surface area (Å²) in [7, 11) is 0. The Bertz CT molecular complexity index is 277. The minimum atomic E-state index is -0.152. The van der Waals surface area contributed by atoms with Crippen LogP contribution < -0.4 is 10.6 Å². The third kappa shape index (κ3) is 3.85. The minimum Gasteiger partial charge on any atom is -0.394 e. The van der Waals surface area contributed by atoms with Gasteiger partial charge in [0.05, 0.1) is 12.6 Å². The normalized spacial score (nSPS) is 26.0. The molecule has 0 radical (unpaired) electrons. The van der Waals surface area contributed by atoms with Crippen LogP contribution in [0.1, 0.15) is 32.6 Å². The Morgan fingerprint density at radius 3 is 2.83 bits per heavy atom. The average molecular weight is 255 g/mol. The highest BCUT2D eigenvalue weighted by Gasteiger charge is 2.34. The summed E-state index contributed by atoms with van der Waals surface area (Å²) >= 11 is 0. The van der Waals surface area contributed by atoms with Gasteiger partial charge < -0.3 is 20.6 Å². The first-order valence-corrected chi connectivity index (χ1v) is 7.12. The Balaban J connectivity index is 1.61.